The van der Waals surface area contributed by atoms with Crippen molar-refractivity contribution in [3.8, 4) is 0 Å². The van der Waals surface area contributed by atoms with Gasteiger partial charge in [-0.3, -0.25) is 14.9 Å². The number of nitrogens with one attached hydrogen (secondary N) is 1. The maximum atomic E-state index is 11.1. The minimum atomic E-state index is -0.632. The number of carbonyl (C=O) groups is 1. The van der Waals surface area contributed by atoms with Crippen molar-refractivity contribution in [3.05, 3.63) is 50.0 Å². The standard InChI is InChI=1S/C12H12N4O3S/c1-7-15-9(6-20-7)5-14-10-4-8(12(13)17)2-3-11(10)16(18)19/h2-4,6,14H,5H2,1H3,(H2,13,17). The van der Waals surface area contributed by atoms with E-state index in [1.807, 2.05) is 12.3 Å². The molecule has 1 amide bonds. The number of rotatable bonds is 5. The SMILES string of the molecule is Cc1nc(CNc2cc(C(N)=O)ccc2[N+](=O)[O-])cs1. The van der Waals surface area contributed by atoms with Crippen LogP contribution >= 0.6 is 11.3 Å². The van der Waals surface area contributed by atoms with Crippen LogP contribution in [0.1, 0.15) is 21.1 Å². The number of carbonyl (C=O) groups excluding carboxylic acids is 1. The van der Waals surface area contributed by atoms with E-state index in [0.717, 1.165) is 10.7 Å². The Morgan fingerprint density at radius 3 is 2.85 bits per heavy atom. The second-order valence-corrected chi connectivity index (χ2v) is 5.13. The first-order valence-corrected chi connectivity index (χ1v) is 6.58. The van der Waals surface area contributed by atoms with Crippen LogP contribution in [-0.4, -0.2) is 15.8 Å². The molecule has 104 valence electrons. The average Bonchev–Trinajstić information content (AvgIpc) is 2.81. The molecule has 7 nitrogen and oxygen atoms in total. The fraction of sp³-hybridized carbons (Fsp3) is 0.167. The van der Waals surface area contributed by atoms with Gasteiger partial charge < -0.3 is 11.1 Å². The van der Waals surface area contributed by atoms with E-state index in [1.165, 1.54) is 29.5 Å². The van der Waals surface area contributed by atoms with E-state index in [-0.39, 0.29) is 16.9 Å². The molecule has 8 heteroatoms. The van der Waals surface area contributed by atoms with Crippen LogP contribution in [-0.2, 0) is 6.54 Å². The Morgan fingerprint density at radius 2 is 2.30 bits per heavy atom. The van der Waals surface area contributed by atoms with Crippen LogP contribution < -0.4 is 11.1 Å². The fourth-order valence-electron chi connectivity index (χ4n) is 1.67. The maximum Gasteiger partial charge on any atom is 0.292 e. The number of nitro benzene ring substituents is 1. The number of nitrogens with zero attached hydrogens (tertiary/aromatic N) is 2. The van der Waals surface area contributed by atoms with E-state index in [2.05, 4.69) is 10.3 Å². The third-order valence-electron chi connectivity index (χ3n) is 2.60. The highest BCUT2D eigenvalue weighted by molar-refractivity contribution is 7.09. The number of thiazole rings is 1. The molecule has 0 spiro atoms. The number of nitrogens with two attached hydrogens (primary N) is 1. The molecule has 2 aromatic rings. The molecule has 0 radical (unpaired) electrons. The number of primary amides is 1. The molecule has 0 aliphatic heterocycles. The molecule has 0 unspecified atom stereocenters. The van der Waals surface area contributed by atoms with Crippen molar-refractivity contribution in [1.29, 1.82) is 0 Å². The second kappa shape index (κ2) is 5.66. The van der Waals surface area contributed by atoms with E-state index in [1.54, 1.807) is 0 Å². The molecule has 2 rings (SSSR count). The van der Waals surface area contributed by atoms with Gasteiger partial charge in [0.15, 0.2) is 0 Å². The van der Waals surface area contributed by atoms with E-state index < -0.39 is 10.8 Å². The summed E-state index contributed by atoms with van der Waals surface area (Å²) in [4.78, 5) is 25.8. The van der Waals surface area contributed by atoms with Gasteiger partial charge in [-0.25, -0.2) is 4.98 Å². The highest BCUT2D eigenvalue weighted by Crippen LogP contribution is 2.26. The van der Waals surface area contributed by atoms with Crippen LogP contribution in [0.25, 0.3) is 0 Å². The van der Waals surface area contributed by atoms with Crippen LogP contribution in [0.15, 0.2) is 23.6 Å². The largest absolute Gasteiger partial charge is 0.374 e. The van der Waals surface area contributed by atoms with Gasteiger partial charge in [0, 0.05) is 17.0 Å². The highest BCUT2D eigenvalue weighted by atomic mass is 32.1. The van der Waals surface area contributed by atoms with Crippen molar-refractivity contribution in [1.82, 2.24) is 4.98 Å². The molecule has 0 atom stereocenters. The van der Waals surface area contributed by atoms with E-state index in [4.69, 9.17) is 5.73 Å². The van der Waals surface area contributed by atoms with Crippen LogP contribution in [0.4, 0.5) is 11.4 Å². The van der Waals surface area contributed by atoms with Gasteiger partial charge >= 0.3 is 0 Å². The van der Waals surface area contributed by atoms with E-state index >= 15 is 0 Å². The second-order valence-electron chi connectivity index (χ2n) is 4.06. The normalized spacial score (nSPS) is 10.2. The number of anilines is 1. The number of hydrogen-bond donors (Lipinski definition) is 2. The van der Waals surface area contributed by atoms with Crippen molar-refractivity contribution in [2.75, 3.05) is 5.32 Å². The van der Waals surface area contributed by atoms with E-state index in [9.17, 15) is 14.9 Å². The van der Waals surface area contributed by atoms with Crippen molar-refractivity contribution >= 4 is 28.6 Å². The molecule has 1 aromatic carbocycles. The molecule has 0 aliphatic carbocycles. The number of nitro groups is 1. The number of hydrogen-bond acceptors (Lipinski definition) is 6. The third kappa shape index (κ3) is 3.09. The van der Waals surface area contributed by atoms with Crippen LogP contribution in [0.2, 0.25) is 0 Å². The van der Waals surface area contributed by atoms with Crippen LogP contribution in [0.3, 0.4) is 0 Å². The lowest BCUT2D eigenvalue weighted by Crippen LogP contribution is -2.12. The zero-order chi connectivity index (χ0) is 14.7. The summed E-state index contributed by atoms with van der Waals surface area (Å²) in [5.41, 5.74) is 6.31. The Labute approximate surface area is 118 Å². The molecule has 0 aliphatic rings. The molecule has 0 saturated heterocycles. The molecule has 1 heterocycles. The van der Waals surface area contributed by atoms with Crippen molar-refractivity contribution < 1.29 is 9.72 Å². The van der Waals surface area contributed by atoms with Crippen LogP contribution in [0.5, 0.6) is 0 Å². The molecule has 3 N–H and O–H groups in total. The summed E-state index contributed by atoms with van der Waals surface area (Å²) < 4.78 is 0. The molecule has 0 fully saturated rings. The lowest BCUT2D eigenvalue weighted by atomic mass is 10.1. The zero-order valence-corrected chi connectivity index (χ0v) is 11.4. The lowest BCUT2D eigenvalue weighted by molar-refractivity contribution is -0.384. The summed E-state index contributed by atoms with van der Waals surface area (Å²) in [6, 6.07) is 3.97. The lowest BCUT2D eigenvalue weighted by Gasteiger charge is -2.07. The predicted molar refractivity (Wildman–Crippen MR) is 75.8 cm³/mol. The Hall–Kier alpha value is -2.48. The van der Waals surface area contributed by atoms with Gasteiger partial charge in [-0.2, -0.15) is 0 Å². The third-order valence-corrected chi connectivity index (χ3v) is 3.43. The van der Waals surface area contributed by atoms with Gasteiger partial charge in [0.1, 0.15) is 5.69 Å². The summed E-state index contributed by atoms with van der Waals surface area (Å²) in [6.07, 6.45) is 0. The molecule has 20 heavy (non-hydrogen) atoms. The fourth-order valence-corrected chi connectivity index (χ4v) is 2.28. The van der Waals surface area contributed by atoms with Gasteiger partial charge in [-0.1, -0.05) is 0 Å². The Morgan fingerprint density at radius 1 is 1.55 bits per heavy atom. The van der Waals surface area contributed by atoms with Gasteiger partial charge in [-0.15, -0.1) is 11.3 Å². The number of benzene rings is 1. The number of aromatic nitrogens is 1. The number of aryl methyl sites for hydroxylation is 1. The summed E-state index contributed by atoms with van der Waals surface area (Å²) in [6.45, 7) is 2.22. The van der Waals surface area contributed by atoms with Gasteiger partial charge in [0.2, 0.25) is 5.91 Å². The molecule has 0 bridgehead atoms. The summed E-state index contributed by atoms with van der Waals surface area (Å²) >= 11 is 1.50. The monoisotopic (exact) mass is 292 g/mol. The molecule has 1 aromatic heterocycles. The summed E-state index contributed by atoms with van der Waals surface area (Å²) in [5.74, 6) is -0.632. The Balaban J connectivity index is 2.25. The molecular formula is C12H12N4O3S. The Kier molecular flexibility index (Phi) is 3.94. The molecule has 0 saturated carbocycles. The minimum absolute atomic E-state index is 0.109. The maximum absolute atomic E-state index is 11.1. The highest BCUT2D eigenvalue weighted by Gasteiger charge is 2.15. The van der Waals surface area contributed by atoms with E-state index in [0.29, 0.717) is 6.54 Å². The summed E-state index contributed by atoms with van der Waals surface area (Å²) in [5, 5.41) is 16.7. The van der Waals surface area contributed by atoms with Crippen molar-refractivity contribution in [3.63, 3.8) is 0 Å². The minimum Gasteiger partial charge on any atom is -0.374 e. The Bertz CT molecular complexity index is 668. The molecular weight excluding hydrogens is 280 g/mol. The van der Waals surface area contributed by atoms with Gasteiger partial charge in [-0.05, 0) is 19.1 Å². The van der Waals surface area contributed by atoms with Crippen LogP contribution in [0, 0.1) is 17.0 Å². The zero-order valence-electron chi connectivity index (χ0n) is 10.6. The first-order chi connectivity index (χ1) is 9.47. The van der Waals surface area contributed by atoms with Gasteiger partial charge in [0.25, 0.3) is 5.69 Å². The smallest absolute Gasteiger partial charge is 0.292 e. The average molecular weight is 292 g/mol. The van der Waals surface area contributed by atoms with Gasteiger partial charge in [0.05, 0.1) is 22.2 Å². The first-order valence-electron chi connectivity index (χ1n) is 5.70. The summed E-state index contributed by atoms with van der Waals surface area (Å²) in [7, 11) is 0. The quantitative estimate of drug-likeness (QED) is 0.647. The topological polar surface area (TPSA) is 111 Å². The van der Waals surface area contributed by atoms with Crippen molar-refractivity contribution in [2.45, 2.75) is 13.5 Å². The first kappa shape index (κ1) is 13.9. The predicted octanol–water partition coefficient (Wildman–Crippen LogP) is 2.07. The van der Waals surface area contributed by atoms with Crippen molar-refractivity contribution in [2.24, 2.45) is 5.73 Å². The number of amides is 1.